The maximum absolute atomic E-state index is 12.5. The van der Waals surface area contributed by atoms with Gasteiger partial charge in [0.25, 0.3) is 5.56 Å². The van der Waals surface area contributed by atoms with Crippen LogP contribution in [0.4, 0.5) is 0 Å². The van der Waals surface area contributed by atoms with Crippen LogP contribution in [0.1, 0.15) is 38.5 Å². The molecule has 0 bridgehead atoms. The minimum absolute atomic E-state index is 0.0923. The standard InChI is InChI=1S/C19H25N5O2/c25-18-7-6-17(23-11-3-10-20-23)21-24(18)14-15-8-12-22(13-9-15)19(26)16-4-1-2-5-16/h3,6-7,10-11,15-16H,1-2,4-5,8-9,12-14H2. The number of aromatic nitrogens is 4. The lowest BCUT2D eigenvalue weighted by Gasteiger charge is -2.33. The van der Waals surface area contributed by atoms with Gasteiger partial charge in [-0.1, -0.05) is 12.8 Å². The predicted octanol–water partition coefficient (Wildman–Crippen LogP) is 1.86. The average Bonchev–Trinajstić information content (AvgIpc) is 3.38. The Morgan fingerprint density at radius 2 is 1.88 bits per heavy atom. The number of nitrogens with zero attached hydrogens (tertiary/aromatic N) is 5. The van der Waals surface area contributed by atoms with Gasteiger partial charge in [0.05, 0.1) is 0 Å². The zero-order chi connectivity index (χ0) is 17.9. The van der Waals surface area contributed by atoms with Crippen LogP contribution in [-0.2, 0) is 11.3 Å². The quantitative estimate of drug-likeness (QED) is 0.839. The second-order valence-electron chi connectivity index (χ2n) is 7.41. The van der Waals surface area contributed by atoms with Crippen molar-refractivity contribution < 1.29 is 4.79 Å². The molecule has 2 aromatic heterocycles. The molecular formula is C19H25N5O2. The minimum Gasteiger partial charge on any atom is -0.342 e. The first-order chi connectivity index (χ1) is 12.7. The summed E-state index contributed by atoms with van der Waals surface area (Å²) in [6.07, 6.45) is 9.84. The molecule has 1 aliphatic heterocycles. The third kappa shape index (κ3) is 3.57. The van der Waals surface area contributed by atoms with Gasteiger partial charge in [0, 0.05) is 44.0 Å². The first-order valence-corrected chi connectivity index (χ1v) is 9.58. The minimum atomic E-state index is -0.0923. The Bertz CT molecular complexity index is 800. The number of carbonyl (C=O) groups is 1. The van der Waals surface area contributed by atoms with Crippen LogP contribution < -0.4 is 5.56 Å². The molecule has 0 spiro atoms. The summed E-state index contributed by atoms with van der Waals surface area (Å²) in [5, 5.41) is 8.62. The van der Waals surface area contributed by atoms with Crippen LogP contribution in [0.2, 0.25) is 0 Å². The van der Waals surface area contributed by atoms with Gasteiger partial charge in [0.2, 0.25) is 5.91 Å². The summed E-state index contributed by atoms with van der Waals surface area (Å²) in [5.41, 5.74) is -0.0923. The van der Waals surface area contributed by atoms with Gasteiger partial charge in [-0.05, 0) is 43.7 Å². The lowest BCUT2D eigenvalue weighted by molar-refractivity contribution is -0.136. The predicted molar refractivity (Wildman–Crippen MR) is 96.9 cm³/mol. The van der Waals surface area contributed by atoms with Crippen molar-refractivity contribution in [2.24, 2.45) is 11.8 Å². The van der Waals surface area contributed by atoms with E-state index in [1.54, 1.807) is 23.0 Å². The molecule has 2 aromatic rings. The van der Waals surface area contributed by atoms with Gasteiger partial charge in [-0.2, -0.15) is 5.10 Å². The molecule has 2 fully saturated rings. The van der Waals surface area contributed by atoms with Gasteiger partial charge in [0.1, 0.15) is 0 Å². The Morgan fingerprint density at radius 3 is 2.58 bits per heavy atom. The number of likely N-dealkylation sites (tertiary alicyclic amines) is 1. The maximum atomic E-state index is 12.5. The van der Waals surface area contributed by atoms with E-state index in [9.17, 15) is 9.59 Å². The fourth-order valence-corrected chi connectivity index (χ4v) is 4.11. The Balaban J connectivity index is 1.38. The topological polar surface area (TPSA) is 73.0 Å². The monoisotopic (exact) mass is 355 g/mol. The van der Waals surface area contributed by atoms with Crippen molar-refractivity contribution in [3.63, 3.8) is 0 Å². The van der Waals surface area contributed by atoms with E-state index in [0.29, 0.717) is 24.2 Å². The molecule has 0 N–H and O–H groups in total. The fraction of sp³-hybridized carbons (Fsp3) is 0.579. The van der Waals surface area contributed by atoms with Crippen molar-refractivity contribution in [1.29, 1.82) is 0 Å². The molecule has 7 nitrogen and oxygen atoms in total. The van der Waals surface area contributed by atoms with Crippen LogP contribution in [0.15, 0.2) is 35.4 Å². The number of amides is 1. The summed E-state index contributed by atoms with van der Waals surface area (Å²) >= 11 is 0. The molecular weight excluding hydrogens is 330 g/mol. The van der Waals surface area contributed by atoms with Crippen LogP contribution in [0.25, 0.3) is 5.82 Å². The van der Waals surface area contributed by atoms with E-state index >= 15 is 0 Å². The largest absolute Gasteiger partial charge is 0.342 e. The summed E-state index contributed by atoms with van der Waals surface area (Å²) in [5.74, 6) is 1.61. The highest BCUT2D eigenvalue weighted by molar-refractivity contribution is 5.79. The number of hydrogen-bond donors (Lipinski definition) is 0. The molecule has 138 valence electrons. The summed E-state index contributed by atoms with van der Waals surface area (Å²) in [4.78, 5) is 26.7. The summed E-state index contributed by atoms with van der Waals surface area (Å²) in [7, 11) is 0. The molecule has 0 radical (unpaired) electrons. The fourth-order valence-electron chi connectivity index (χ4n) is 4.11. The normalized spacial score (nSPS) is 19.2. The van der Waals surface area contributed by atoms with E-state index in [1.165, 1.54) is 17.5 Å². The number of rotatable bonds is 4. The molecule has 26 heavy (non-hydrogen) atoms. The highest BCUT2D eigenvalue weighted by Gasteiger charge is 2.30. The maximum Gasteiger partial charge on any atom is 0.266 e. The third-order valence-corrected chi connectivity index (χ3v) is 5.65. The molecule has 0 atom stereocenters. The lowest BCUT2D eigenvalue weighted by atomic mass is 9.95. The van der Waals surface area contributed by atoms with E-state index in [0.717, 1.165) is 38.8 Å². The molecule has 0 unspecified atom stereocenters. The van der Waals surface area contributed by atoms with Crippen molar-refractivity contribution in [2.75, 3.05) is 13.1 Å². The van der Waals surface area contributed by atoms with Crippen molar-refractivity contribution in [1.82, 2.24) is 24.5 Å². The molecule has 4 rings (SSSR count). The van der Waals surface area contributed by atoms with Crippen LogP contribution in [0, 0.1) is 11.8 Å². The number of hydrogen-bond acceptors (Lipinski definition) is 4. The Kier molecular flexibility index (Phi) is 4.86. The zero-order valence-corrected chi connectivity index (χ0v) is 15.0. The lowest BCUT2D eigenvalue weighted by Crippen LogP contribution is -2.42. The summed E-state index contributed by atoms with van der Waals surface area (Å²) in [6, 6.07) is 5.06. The molecule has 1 saturated carbocycles. The molecule has 1 saturated heterocycles. The van der Waals surface area contributed by atoms with Crippen molar-refractivity contribution in [3.05, 3.63) is 40.9 Å². The highest BCUT2D eigenvalue weighted by atomic mass is 16.2. The number of piperidine rings is 1. The van der Waals surface area contributed by atoms with Crippen LogP contribution in [0.3, 0.4) is 0 Å². The van der Waals surface area contributed by atoms with E-state index < -0.39 is 0 Å². The van der Waals surface area contributed by atoms with E-state index in [4.69, 9.17) is 0 Å². The third-order valence-electron chi connectivity index (χ3n) is 5.65. The molecule has 1 amide bonds. The van der Waals surface area contributed by atoms with Crippen LogP contribution in [0.5, 0.6) is 0 Å². The molecule has 7 heteroatoms. The second-order valence-corrected chi connectivity index (χ2v) is 7.41. The second kappa shape index (κ2) is 7.43. The Hall–Kier alpha value is -2.44. The van der Waals surface area contributed by atoms with Crippen molar-refractivity contribution in [2.45, 2.75) is 45.1 Å². The van der Waals surface area contributed by atoms with Gasteiger partial charge >= 0.3 is 0 Å². The first kappa shape index (κ1) is 17.0. The number of carbonyl (C=O) groups excluding carboxylic acids is 1. The molecule has 2 aliphatic rings. The highest BCUT2D eigenvalue weighted by Crippen LogP contribution is 2.28. The molecule has 1 aliphatic carbocycles. The Morgan fingerprint density at radius 1 is 1.12 bits per heavy atom. The van der Waals surface area contributed by atoms with Crippen LogP contribution in [-0.4, -0.2) is 43.5 Å². The van der Waals surface area contributed by atoms with Crippen molar-refractivity contribution in [3.8, 4) is 5.82 Å². The molecule has 0 aromatic carbocycles. The first-order valence-electron chi connectivity index (χ1n) is 9.58. The van der Waals surface area contributed by atoms with E-state index in [-0.39, 0.29) is 11.5 Å². The summed E-state index contributed by atoms with van der Waals surface area (Å²) < 4.78 is 3.19. The SMILES string of the molecule is O=C(C1CCCC1)N1CCC(Cn2nc(-n3cccn3)ccc2=O)CC1. The van der Waals surface area contributed by atoms with Crippen LogP contribution >= 0.6 is 0 Å². The van der Waals surface area contributed by atoms with E-state index in [1.807, 2.05) is 17.2 Å². The van der Waals surface area contributed by atoms with Gasteiger partial charge in [-0.3, -0.25) is 9.59 Å². The smallest absolute Gasteiger partial charge is 0.266 e. The van der Waals surface area contributed by atoms with Gasteiger partial charge in [-0.25, -0.2) is 9.36 Å². The molecule has 3 heterocycles. The summed E-state index contributed by atoms with van der Waals surface area (Å²) in [6.45, 7) is 2.20. The van der Waals surface area contributed by atoms with E-state index in [2.05, 4.69) is 10.2 Å². The zero-order valence-electron chi connectivity index (χ0n) is 15.0. The van der Waals surface area contributed by atoms with Gasteiger partial charge in [0.15, 0.2) is 5.82 Å². The van der Waals surface area contributed by atoms with Gasteiger partial charge < -0.3 is 4.90 Å². The average molecular weight is 355 g/mol. The van der Waals surface area contributed by atoms with Gasteiger partial charge in [-0.15, -0.1) is 5.10 Å². The Labute approximate surface area is 152 Å². The van der Waals surface area contributed by atoms with Crippen molar-refractivity contribution >= 4 is 5.91 Å².